The molecular weight excluding hydrogens is 266 g/mol. The molecule has 116 valence electrons. The second-order valence-corrected chi connectivity index (χ2v) is 6.73. The lowest BCUT2D eigenvalue weighted by Gasteiger charge is -2.45. The fourth-order valence-electron chi connectivity index (χ4n) is 3.92. The van der Waals surface area contributed by atoms with Crippen LogP contribution in [0.3, 0.4) is 0 Å². The third-order valence-electron chi connectivity index (χ3n) is 5.34. The summed E-state index contributed by atoms with van der Waals surface area (Å²) >= 11 is 0. The van der Waals surface area contributed by atoms with Crippen LogP contribution in [0, 0.1) is 11.8 Å². The summed E-state index contributed by atoms with van der Waals surface area (Å²) in [6, 6.07) is 0.145. The van der Waals surface area contributed by atoms with Crippen molar-refractivity contribution < 1.29 is 9.59 Å². The van der Waals surface area contributed by atoms with Crippen molar-refractivity contribution in [3.63, 3.8) is 0 Å². The number of allylic oxidation sites excluding steroid dienone is 1. The van der Waals surface area contributed by atoms with Crippen molar-refractivity contribution in [2.24, 2.45) is 11.8 Å². The van der Waals surface area contributed by atoms with Crippen molar-refractivity contribution in [2.75, 3.05) is 32.7 Å². The zero-order valence-electron chi connectivity index (χ0n) is 13.0. The quantitative estimate of drug-likeness (QED) is 0.599. The van der Waals surface area contributed by atoms with E-state index < -0.39 is 5.91 Å². The molecule has 1 N–H and O–H groups in total. The Hall–Kier alpha value is -1.36. The van der Waals surface area contributed by atoms with Gasteiger partial charge in [-0.15, -0.1) is 0 Å². The maximum absolute atomic E-state index is 11.8. The Bertz CT molecular complexity index is 474. The summed E-state index contributed by atoms with van der Waals surface area (Å²) in [4.78, 5) is 27.5. The Morgan fingerprint density at radius 2 is 2.14 bits per heavy atom. The van der Waals surface area contributed by atoms with Crippen molar-refractivity contribution in [3.8, 4) is 0 Å². The van der Waals surface area contributed by atoms with E-state index in [-0.39, 0.29) is 11.9 Å². The summed E-state index contributed by atoms with van der Waals surface area (Å²) in [5.74, 6) is 0.576. The van der Waals surface area contributed by atoms with Crippen molar-refractivity contribution in [2.45, 2.75) is 32.7 Å². The molecule has 0 spiro atoms. The number of nitrogens with one attached hydrogen (secondary N) is 1. The first-order valence-corrected chi connectivity index (χ1v) is 8.04. The smallest absolute Gasteiger partial charge is 0.312 e. The van der Waals surface area contributed by atoms with E-state index in [1.165, 1.54) is 18.4 Å². The lowest BCUT2D eigenvalue weighted by atomic mass is 9.79. The number of nitrogens with zero attached hydrogens (tertiary/aromatic N) is 2. The van der Waals surface area contributed by atoms with Crippen LogP contribution in [0.1, 0.15) is 26.7 Å². The molecule has 1 aliphatic carbocycles. The van der Waals surface area contributed by atoms with Crippen LogP contribution in [0.15, 0.2) is 11.6 Å². The van der Waals surface area contributed by atoms with Gasteiger partial charge in [-0.3, -0.25) is 14.5 Å². The minimum absolute atomic E-state index is 0.145. The van der Waals surface area contributed by atoms with Crippen molar-refractivity contribution in [1.29, 1.82) is 0 Å². The Morgan fingerprint density at radius 3 is 2.90 bits per heavy atom. The minimum Gasteiger partial charge on any atom is -0.346 e. The van der Waals surface area contributed by atoms with Gasteiger partial charge >= 0.3 is 11.8 Å². The maximum atomic E-state index is 11.8. The summed E-state index contributed by atoms with van der Waals surface area (Å²) in [5, 5.41) is 2.70. The topological polar surface area (TPSA) is 52.7 Å². The molecule has 5 heteroatoms. The SMILES string of the molecule is CC1=CCC[C@H](C)[C@H]1CN1CCN2C(=O)C(=O)NC[C@@H]2C1. The number of fused-ring (bicyclic) bond motifs is 1. The Kier molecular flexibility index (Phi) is 4.02. The van der Waals surface area contributed by atoms with Gasteiger partial charge in [0.1, 0.15) is 0 Å². The van der Waals surface area contributed by atoms with E-state index in [2.05, 4.69) is 30.1 Å². The van der Waals surface area contributed by atoms with Gasteiger partial charge in [0, 0.05) is 32.7 Å². The molecule has 0 radical (unpaired) electrons. The van der Waals surface area contributed by atoms with E-state index in [9.17, 15) is 9.59 Å². The highest BCUT2D eigenvalue weighted by Crippen LogP contribution is 2.31. The highest BCUT2D eigenvalue weighted by molar-refractivity contribution is 6.35. The van der Waals surface area contributed by atoms with Gasteiger partial charge in [0.2, 0.25) is 0 Å². The summed E-state index contributed by atoms with van der Waals surface area (Å²) in [6.45, 7) is 8.71. The highest BCUT2D eigenvalue weighted by atomic mass is 16.2. The number of hydrogen-bond acceptors (Lipinski definition) is 3. The van der Waals surface area contributed by atoms with E-state index >= 15 is 0 Å². The number of carbonyl (C=O) groups excluding carboxylic acids is 2. The molecule has 21 heavy (non-hydrogen) atoms. The van der Waals surface area contributed by atoms with Gasteiger partial charge in [-0.2, -0.15) is 0 Å². The van der Waals surface area contributed by atoms with Crippen LogP contribution in [0.2, 0.25) is 0 Å². The van der Waals surface area contributed by atoms with Gasteiger partial charge < -0.3 is 10.2 Å². The normalized spacial score (nSPS) is 34.3. The molecule has 0 aromatic rings. The van der Waals surface area contributed by atoms with Gasteiger partial charge in [-0.1, -0.05) is 18.6 Å². The molecule has 3 rings (SSSR count). The van der Waals surface area contributed by atoms with Crippen LogP contribution in [0.25, 0.3) is 0 Å². The number of amides is 2. The molecule has 3 atom stereocenters. The van der Waals surface area contributed by atoms with Crippen LogP contribution >= 0.6 is 0 Å². The Labute approximate surface area is 126 Å². The summed E-state index contributed by atoms with van der Waals surface area (Å²) in [6.07, 6.45) is 4.87. The molecule has 2 heterocycles. The lowest BCUT2D eigenvalue weighted by molar-refractivity contribution is -0.152. The van der Waals surface area contributed by atoms with Crippen LogP contribution in [-0.4, -0.2) is 60.4 Å². The molecule has 0 aromatic carbocycles. The third kappa shape index (κ3) is 2.84. The predicted octanol–water partition coefficient (Wildman–Crippen LogP) is 0.621. The summed E-state index contributed by atoms with van der Waals surface area (Å²) < 4.78 is 0. The van der Waals surface area contributed by atoms with Crippen molar-refractivity contribution >= 4 is 11.8 Å². The fraction of sp³-hybridized carbons (Fsp3) is 0.750. The van der Waals surface area contributed by atoms with Crippen molar-refractivity contribution in [3.05, 3.63) is 11.6 Å². The molecule has 5 nitrogen and oxygen atoms in total. The van der Waals surface area contributed by atoms with Gasteiger partial charge in [-0.25, -0.2) is 0 Å². The molecule has 0 bridgehead atoms. The summed E-state index contributed by atoms with van der Waals surface area (Å²) in [7, 11) is 0. The van der Waals surface area contributed by atoms with E-state index in [0.717, 1.165) is 25.6 Å². The molecular formula is C16H25N3O2. The number of carbonyl (C=O) groups is 2. The van der Waals surface area contributed by atoms with Crippen LogP contribution in [0.5, 0.6) is 0 Å². The van der Waals surface area contributed by atoms with E-state index in [1.54, 1.807) is 4.90 Å². The molecule has 2 aliphatic heterocycles. The Balaban J connectivity index is 1.62. The van der Waals surface area contributed by atoms with Crippen LogP contribution < -0.4 is 5.32 Å². The highest BCUT2D eigenvalue weighted by Gasteiger charge is 2.38. The van der Waals surface area contributed by atoms with E-state index in [1.807, 2.05) is 0 Å². The molecule has 0 unspecified atom stereocenters. The number of rotatable bonds is 2. The van der Waals surface area contributed by atoms with Gasteiger partial charge in [-0.05, 0) is 31.6 Å². The Morgan fingerprint density at radius 1 is 1.33 bits per heavy atom. The zero-order valence-corrected chi connectivity index (χ0v) is 13.0. The first-order chi connectivity index (χ1) is 10.1. The lowest BCUT2D eigenvalue weighted by Crippen LogP contribution is -2.65. The summed E-state index contributed by atoms with van der Waals surface area (Å²) in [5.41, 5.74) is 1.52. The minimum atomic E-state index is -0.445. The first-order valence-electron chi connectivity index (χ1n) is 8.04. The van der Waals surface area contributed by atoms with Gasteiger partial charge in [0.15, 0.2) is 0 Å². The molecule has 2 amide bonds. The maximum Gasteiger partial charge on any atom is 0.312 e. The van der Waals surface area contributed by atoms with Crippen LogP contribution in [0.4, 0.5) is 0 Å². The first kappa shape index (κ1) is 14.6. The largest absolute Gasteiger partial charge is 0.346 e. The number of hydrogen-bond donors (Lipinski definition) is 1. The monoisotopic (exact) mass is 291 g/mol. The second-order valence-electron chi connectivity index (χ2n) is 6.73. The average Bonchev–Trinajstić information content (AvgIpc) is 2.47. The van der Waals surface area contributed by atoms with E-state index in [4.69, 9.17) is 0 Å². The van der Waals surface area contributed by atoms with Gasteiger partial charge in [0.05, 0.1) is 6.04 Å². The fourth-order valence-corrected chi connectivity index (χ4v) is 3.92. The molecule has 2 saturated heterocycles. The van der Waals surface area contributed by atoms with E-state index in [0.29, 0.717) is 19.0 Å². The second kappa shape index (κ2) is 5.79. The van der Waals surface area contributed by atoms with Gasteiger partial charge in [0.25, 0.3) is 0 Å². The molecule has 2 fully saturated rings. The van der Waals surface area contributed by atoms with Crippen molar-refractivity contribution in [1.82, 2.24) is 15.1 Å². The third-order valence-corrected chi connectivity index (χ3v) is 5.34. The average molecular weight is 291 g/mol. The molecule has 3 aliphatic rings. The standard InChI is InChI=1S/C16H25N3O2/c1-11-4-3-5-12(2)14(11)10-18-6-7-19-13(9-18)8-17-15(20)16(19)21/h4,12-14H,3,5-10H2,1-2H3,(H,17,20)/t12-,13+,14-/m0/s1. The molecule has 0 saturated carbocycles. The zero-order chi connectivity index (χ0) is 15.0. The predicted molar refractivity (Wildman–Crippen MR) is 80.6 cm³/mol. The van der Waals surface area contributed by atoms with Crippen LogP contribution in [-0.2, 0) is 9.59 Å². The number of piperazine rings is 2. The molecule has 0 aromatic heterocycles.